The minimum Gasteiger partial charge on any atom is -0.378 e. The molecule has 1 N–H and O–H groups in total. The van der Waals surface area contributed by atoms with Crippen molar-refractivity contribution in [2.45, 2.75) is 25.8 Å². The predicted octanol–water partition coefficient (Wildman–Crippen LogP) is 5.40. The largest absolute Gasteiger partial charge is 0.378 e. The lowest BCUT2D eigenvalue weighted by atomic mass is 10.0. The number of halogens is 2. The van der Waals surface area contributed by atoms with E-state index >= 15 is 0 Å². The number of aryl methyl sites for hydroxylation is 2. The number of hydrogen-bond donors (Lipinski definition) is 1. The Morgan fingerprint density at radius 1 is 1.05 bits per heavy atom. The second-order valence-corrected chi connectivity index (χ2v) is 5.97. The molecule has 1 unspecified atom stereocenters. The van der Waals surface area contributed by atoms with Crippen LogP contribution in [-0.4, -0.2) is 0 Å². The van der Waals surface area contributed by atoms with Crippen molar-refractivity contribution in [2.24, 2.45) is 0 Å². The molecular weight excluding hydrogens is 277 g/mol. The van der Waals surface area contributed by atoms with Crippen molar-refractivity contribution in [3.05, 3.63) is 63.1 Å². The SMILES string of the molecule is Cc1ccc2c(c1)C(Nc1cc(Cl)cc(Cl)c1)CC2. The van der Waals surface area contributed by atoms with Gasteiger partial charge in [0.25, 0.3) is 0 Å². The molecule has 0 aliphatic heterocycles. The lowest BCUT2D eigenvalue weighted by Gasteiger charge is -2.16. The van der Waals surface area contributed by atoms with Gasteiger partial charge in [0.15, 0.2) is 0 Å². The average Bonchev–Trinajstić information content (AvgIpc) is 2.70. The molecule has 1 atom stereocenters. The van der Waals surface area contributed by atoms with Crippen LogP contribution in [0.2, 0.25) is 10.0 Å². The Hall–Kier alpha value is -1.18. The standard InChI is InChI=1S/C16H15Cl2N/c1-10-2-3-11-4-5-16(15(11)6-10)19-14-8-12(17)7-13(18)9-14/h2-3,6-9,16,19H,4-5H2,1H3. The number of benzene rings is 2. The minimum absolute atomic E-state index is 0.351. The van der Waals surface area contributed by atoms with Crippen LogP contribution in [-0.2, 0) is 6.42 Å². The Labute approximate surface area is 123 Å². The number of hydrogen-bond acceptors (Lipinski definition) is 1. The highest BCUT2D eigenvalue weighted by molar-refractivity contribution is 6.35. The molecule has 2 aromatic rings. The zero-order valence-electron chi connectivity index (χ0n) is 10.7. The van der Waals surface area contributed by atoms with Gasteiger partial charge in [-0.25, -0.2) is 0 Å². The molecular formula is C16H15Cl2N. The highest BCUT2D eigenvalue weighted by Gasteiger charge is 2.22. The topological polar surface area (TPSA) is 12.0 Å². The van der Waals surface area contributed by atoms with E-state index in [0.717, 1.165) is 18.5 Å². The maximum absolute atomic E-state index is 6.04. The van der Waals surface area contributed by atoms with Crippen LogP contribution in [0, 0.1) is 6.92 Å². The van der Waals surface area contributed by atoms with E-state index in [2.05, 4.69) is 30.4 Å². The van der Waals surface area contributed by atoms with E-state index in [1.165, 1.54) is 16.7 Å². The molecule has 2 aromatic carbocycles. The molecule has 0 bridgehead atoms. The lowest BCUT2D eigenvalue weighted by molar-refractivity contribution is 0.762. The third-order valence-corrected chi connectivity index (χ3v) is 4.02. The highest BCUT2D eigenvalue weighted by atomic mass is 35.5. The van der Waals surface area contributed by atoms with Gasteiger partial charge in [0, 0.05) is 15.7 Å². The molecule has 19 heavy (non-hydrogen) atoms. The van der Waals surface area contributed by atoms with Crippen LogP contribution in [0.5, 0.6) is 0 Å². The van der Waals surface area contributed by atoms with E-state index in [9.17, 15) is 0 Å². The van der Waals surface area contributed by atoms with Crippen molar-refractivity contribution in [3.8, 4) is 0 Å². The zero-order chi connectivity index (χ0) is 13.4. The molecule has 1 aliphatic carbocycles. The molecule has 1 nitrogen and oxygen atoms in total. The number of anilines is 1. The molecule has 0 fully saturated rings. The minimum atomic E-state index is 0.351. The average molecular weight is 292 g/mol. The van der Waals surface area contributed by atoms with Crippen LogP contribution >= 0.6 is 23.2 Å². The number of nitrogens with one attached hydrogen (secondary N) is 1. The van der Waals surface area contributed by atoms with Gasteiger partial charge in [0.05, 0.1) is 6.04 Å². The van der Waals surface area contributed by atoms with Crippen LogP contribution in [0.1, 0.15) is 29.2 Å². The summed E-state index contributed by atoms with van der Waals surface area (Å²) in [7, 11) is 0. The first kappa shape index (κ1) is 12.8. The van der Waals surface area contributed by atoms with Crippen molar-refractivity contribution in [1.29, 1.82) is 0 Å². The third-order valence-electron chi connectivity index (χ3n) is 3.58. The van der Waals surface area contributed by atoms with Gasteiger partial charge in [0.1, 0.15) is 0 Å². The zero-order valence-corrected chi connectivity index (χ0v) is 12.2. The van der Waals surface area contributed by atoms with Crippen molar-refractivity contribution in [1.82, 2.24) is 0 Å². The van der Waals surface area contributed by atoms with Gasteiger partial charge in [-0.1, -0.05) is 47.0 Å². The molecule has 3 heteroatoms. The first-order valence-electron chi connectivity index (χ1n) is 6.44. The van der Waals surface area contributed by atoms with Gasteiger partial charge in [-0.15, -0.1) is 0 Å². The monoisotopic (exact) mass is 291 g/mol. The van der Waals surface area contributed by atoms with Gasteiger partial charge in [-0.05, 0) is 49.1 Å². The van der Waals surface area contributed by atoms with Crippen LogP contribution in [0.3, 0.4) is 0 Å². The Balaban J connectivity index is 1.88. The van der Waals surface area contributed by atoms with Crippen LogP contribution in [0.15, 0.2) is 36.4 Å². The summed E-state index contributed by atoms with van der Waals surface area (Å²) in [6.07, 6.45) is 2.24. The van der Waals surface area contributed by atoms with Gasteiger partial charge < -0.3 is 5.32 Å². The van der Waals surface area contributed by atoms with E-state index in [4.69, 9.17) is 23.2 Å². The van der Waals surface area contributed by atoms with Gasteiger partial charge >= 0.3 is 0 Å². The molecule has 0 aromatic heterocycles. The van der Waals surface area contributed by atoms with E-state index in [0.29, 0.717) is 16.1 Å². The summed E-state index contributed by atoms with van der Waals surface area (Å²) in [6.45, 7) is 2.13. The molecule has 98 valence electrons. The molecule has 1 aliphatic rings. The Kier molecular flexibility index (Phi) is 3.42. The fourth-order valence-electron chi connectivity index (χ4n) is 2.71. The summed E-state index contributed by atoms with van der Waals surface area (Å²) in [5, 5.41) is 4.87. The van der Waals surface area contributed by atoms with Crippen LogP contribution < -0.4 is 5.32 Å². The molecule has 0 radical (unpaired) electrons. The maximum atomic E-state index is 6.04. The fourth-order valence-corrected chi connectivity index (χ4v) is 3.24. The van der Waals surface area contributed by atoms with Gasteiger partial charge in [0.2, 0.25) is 0 Å². The van der Waals surface area contributed by atoms with Crippen molar-refractivity contribution in [3.63, 3.8) is 0 Å². The summed E-state index contributed by atoms with van der Waals surface area (Å²) >= 11 is 12.1. The van der Waals surface area contributed by atoms with Crippen LogP contribution in [0.4, 0.5) is 5.69 Å². The van der Waals surface area contributed by atoms with E-state index in [-0.39, 0.29) is 0 Å². The maximum Gasteiger partial charge on any atom is 0.0519 e. The predicted molar refractivity (Wildman–Crippen MR) is 82.3 cm³/mol. The second-order valence-electron chi connectivity index (χ2n) is 5.10. The van der Waals surface area contributed by atoms with Gasteiger partial charge in [-0.2, -0.15) is 0 Å². The molecule has 3 rings (SSSR count). The quantitative estimate of drug-likeness (QED) is 0.781. The van der Waals surface area contributed by atoms with Crippen molar-refractivity contribution < 1.29 is 0 Å². The fraction of sp³-hybridized carbons (Fsp3) is 0.250. The van der Waals surface area contributed by atoms with Crippen molar-refractivity contribution >= 4 is 28.9 Å². The van der Waals surface area contributed by atoms with Crippen molar-refractivity contribution in [2.75, 3.05) is 5.32 Å². The molecule has 0 spiro atoms. The summed E-state index contributed by atoms with van der Waals surface area (Å²) in [4.78, 5) is 0. The molecule has 0 heterocycles. The summed E-state index contributed by atoms with van der Waals surface area (Å²) in [5.41, 5.74) is 5.13. The lowest BCUT2D eigenvalue weighted by Crippen LogP contribution is -2.07. The Morgan fingerprint density at radius 2 is 1.79 bits per heavy atom. The summed E-state index contributed by atoms with van der Waals surface area (Å²) in [5.74, 6) is 0. The highest BCUT2D eigenvalue weighted by Crippen LogP contribution is 2.35. The van der Waals surface area contributed by atoms with Crippen LogP contribution in [0.25, 0.3) is 0 Å². The first-order chi connectivity index (χ1) is 9.11. The smallest absolute Gasteiger partial charge is 0.0519 e. The molecule has 0 amide bonds. The summed E-state index contributed by atoms with van der Waals surface area (Å²) < 4.78 is 0. The van der Waals surface area contributed by atoms with Gasteiger partial charge in [-0.3, -0.25) is 0 Å². The molecule has 0 saturated carbocycles. The Morgan fingerprint density at radius 3 is 2.53 bits per heavy atom. The number of fused-ring (bicyclic) bond motifs is 1. The first-order valence-corrected chi connectivity index (χ1v) is 7.19. The number of rotatable bonds is 2. The second kappa shape index (κ2) is 5.07. The molecule has 0 saturated heterocycles. The Bertz CT molecular complexity index is 602. The third kappa shape index (κ3) is 2.72. The van der Waals surface area contributed by atoms with E-state index < -0.39 is 0 Å². The summed E-state index contributed by atoms with van der Waals surface area (Å²) in [6, 6.07) is 12.6. The normalized spacial score (nSPS) is 17.3. The van der Waals surface area contributed by atoms with E-state index in [1.54, 1.807) is 6.07 Å². The van der Waals surface area contributed by atoms with E-state index in [1.807, 2.05) is 12.1 Å².